The van der Waals surface area contributed by atoms with E-state index in [1.165, 1.54) is 0 Å². The summed E-state index contributed by atoms with van der Waals surface area (Å²) >= 11 is 0. The number of amides is 1. The van der Waals surface area contributed by atoms with E-state index in [-0.39, 0.29) is 5.91 Å². The lowest BCUT2D eigenvalue weighted by atomic mass is 9.89. The summed E-state index contributed by atoms with van der Waals surface area (Å²) in [7, 11) is 0. The maximum Gasteiger partial charge on any atom is 0.339 e. The third-order valence-corrected chi connectivity index (χ3v) is 5.98. The molecule has 3 aromatic rings. The molecule has 1 N–H and O–H groups in total. The maximum absolute atomic E-state index is 13.3. The molecule has 1 unspecified atom stereocenters. The molecule has 0 fully saturated rings. The van der Waals surface area contributed by atoms with Crippen molar-refractivity contribution in [3.63, 3.8) is 0 Å². The number of nitrogens with one attached hydrogen (secondary N) is 1. The highest BCUT2D eigenvalue weighted by Gasteiger charge is 2.43. The number of esters is 1. The summed E-state index contributed by atoms with van der Waals surface area (Å²) < 4.78 is 7.61. The van der Waals surface area contributed by atoms with E-state index in [9.17, 15) is 9.59 Å². The first-order chi connectivity index (χ1) is 14.9. The van der Waals surface area contributed by atoms with Gasteiger partial charge in [0.05, 0.1) is 16.6 Å². The summed E-state index contributed by atoms with van der Waals surface area (Å²) in [6.45, 7) is 9.37. The van der Waals surface area contributed by atoms with Crippen LogP contribution >= 0.6 is 0 Å². The number of ether oxygens (including phenoxy) is 1. The van der Waals surface area contributed by atoms with Crippen molar-refractivity contribution in [2.75, 3.05) is 25.0 Å². The molecule has 0 saturated heterocycles. The van der Waals surface area contributed by atoms with Crippen molar-refractivity contribution >= 4 is 28.9 Å². The number of cyclic esters (lactones) is 1. The summed E-state index contributed by atoms with van der Waals surface area (Å²) in [5.41, 5.74) is 1.80. The van der Waals surface area contributed by atoms with Gasteiger partial charge < -0.3 is 14.2 Å². The molecule has 0 aliphatic carbocycles. The lowest BCUT2D eigenvalue weighted by Crippen LogP contribution is -2.49. The molecule has 1 atom stereocenters. The standard InChI is InChI=1S/C24H28N4O3/c1-4-27(5-2)14-15-28-20-13-9-8-12-19(20)25-23(28)26-22(30)24(3)16-17-10-6-7-11-18(17)21(29)31-24/h6-13H,4-5,14-16H2,1-3H3,(H,25,26,30). The molecule has 7 nitrogen and oxygen atoms in total. The first-order valence-electron chi connectivity index (χ1n) is 10.8. The van der Waals surface area contributed by atoms with Crippen LogP contribution in [0.3, 0.4) is 0 Å². The van der Waals surface area contributed by atoms with Gasteiger partial charge in [0.2, 0.25) is 5.95 Å². The maximum atomic E-state index is 13.3. The Balaban J connectivity index is 1.61. The van der Waals surface area contributed by atoms with E-state index in [0.29, 0.717) is 24.5 Å². The SMILES string of the molecule is CCN(CC)CCn1c(NC(=O)C2(C)Cc3ccccc3C(=O)O2)nc2ccccc21. The second kappa shape index (κ2) is 8.51. The number of para-hydroxylation sites is 2. The number of carbonyl (C=O) groups is 2. The van der Waals surface area contributed by atoms with Gasteiger partial charge in [-0.3, -0.25) is 10.1 Å². The molecule has 0 radical (unpaired) electrons. The van der Waals surface area contributed by atoms with Gasteiger partial charge in [-0.2, -0.15) is 0 Å². The number of likely N-dealkylation sites (N-methyl/N-ethyl adjacent to an activating group) is 1. The Morgan fingerprint density at radius 2 is 1.87 bits per heavy atom. The average Bonchev–Trinajstić information content (AvgIpc) is 3.11. The summed E-state index contributed by atoms with van der Waals surface area (Å²) in [5, 5.41) is 2.94. The van der Waals surface area contributed by atoms with E-state index < -0.39 is 11.6 Å². The van der Waals surface area contributed by atoms with E-state index in [0.717, 1.165) is 36.2 Å². The van der Waals surface area contributed by atoms with Gasteiger partial charge in [0.25, 0.3) is 5.91 Å². The number of nitrogens with zero attached hydrogens (tertiary/aromatic N) is 3. The van der Waals surface area contributed by atoms with Gasteiger partial charge in [-0.1, -0.05) is 44.2 Å². The molecule has 31 heavy (non-hydrogen) atoms. The van der Waals surface area contributed by atoms with Gasteiger partial charge in [-0.25, -0.2) is 9.78 Å². The lowest BCUT2D eigenvalue weighted by Gasteiger charge is -2.32. The van der Waals surface area contributed by atoms with E-state index in [1.807, 2.05) is 41.0 Å². The molecule has 0 saturated carbocycles. The highest BCUT2D eigenvalue weighted by Crippen LogP contribution is 2.30. The monoisotopic (exact) mass is 420 g/mol. The molecule has 162 valence electrons. The molecule has 4 rings (SSSR count). The summed E-state index contributed by atoms with van der Waals surface area (Å²) in [4.78, 5) is 32.7. The van der Waals surface area contributed by atoms with Crippen molar-refractivity contribution in [2.45, 2.75) is 39.3 Å². The van der Waals surface area contributed by atoms with E-state index in [4.69, 9.17) is 4.74 Å². The van der Waals surface area contributed by atoms with Crippen molar-refractivity contribution < 1.29 is 14.3 Å². The third-order valence-electron chi connectivity index (χ3n) is 5.98. The van der Waals surface area contributed by atoms with Gasteiger partial charge in [-0.05, 0) is 43.8 Å². The molecular weight excluding hydrogens is 392 g/mol. The zero-order valence-corrected chi connectivity index (χ0v) is 18.2. The Kier molecular flexibility index (Phi) is 5.78. The molecular formula is C24H28N4O3. The molecule has 1 aliphatic heterocycles. The molecule has 0 bridgehead atoms. The fraction of sp³-hybridized carbons (Fsp3) is 0.375. The minimum atomic E-state index is -1.30. The van der Waals surface area contributed by atoms with Gasteiger partial charge in [0, 0.05) is 19.5 Å². The zero-order valence-electron chi connectivity index (χ0n) is 18.2. The van der Waals surface area contributed by atoms with E-state index in [2.05, 4.69) is 29.0 Å². The minimum Gasteiger partial charge on any atom is -0.445 e. The average molecular weight is 421 g/mol. The molecule has 1 aliphatic rings. The quantitative estimate of drug-likeness (QED) is 0.592. The van der Waals surface area contributed by atoms with Gasteiger partial charge in [0.15, 0.2) is 5.60 Å². The van der Waals surface area contributed by atoms with Crippen molar-refractivity contribution in [2.24, 2.45) is 0 Å². The van der Waals surface area contributed by atoms with Crippen LogP contribution in [0.25, 0.3) is 11.0 Å². The van der Waals surface area contributed by atoms with Crippen LogP contribution in [0.15, 0.2) is 48.5 Å². The Hall–Kier alpha value is -3.19. The van der Waals surface area contributed by atoms with Crippen LogP contribution in [-0.4, -0.2) is 51.6 Å². The van der Waals surface area contributed by atoms with Crippen LogP contribution in [0.1, 0.15) is 36.7 Å². The van der Waals surface area contributed by atoms with Crippen LogP contribution in [0.4, 0.5) is 5.95 Å². The Morgan fingerprint density at radius 3 is 2.65 bits per heavy atom. The number of carbonyl (C=O) groups excluding carboxylic acids is 2. The van der Waals surface area contributed by atoms with Crippen LogP contribution in [0, 0.1) is 0 Å². The zero-order chi connectivity index (χ0) is 22.0. The number of fused-ring (bicyclic) bond motifs is 2. The largest absolute Gasteiger partial charge is 0.445 e. The van der Waals surface area contributed by atoms with Crippen LogP contribution in [0.2, 0.25) is 0 Å². The van der Waals surface area contributed by atoms with Gasteiger partial charge in [0.1, 0.15) is 0 Å². The number of rotatable bonds is 7. The van der Waals surface area contributed by atoms with Crippen LogP contribution in [0.5, 0.6) is 0 Å². The van der Waals surface area contributed by atoms with Crippen LogP contribution < -0.4 is 5.32 Å². The summed E-state index contributed by atoms with van der Waals surface area (Å²) in [5.74, 6) is -0.390. The molecule has 2 heterocycles. The minimum absolute atomic E-state index is 0.320. The molecule has 1 aromatic heterocycles. The fourth-order valence-corrected chi connectivity index (χ4v) is 4.07. The van der Waals surface area contributed by atoms with Gasteiger partial charge >= 0.3 is 5.97 Å². The highest BCUT2D eigenvalue weighted by atomic mass is 16.6. The molecule has 2 aromatic carbocycles. The number of aromatic nitrogens is 2. The Labute approximate surface area is 182 Å². The second-order valence-electron chi connectivity index (χ2n) is 8.01. The van der Waals surface area contributed by atoms with E-state index >= 15 is 0 Å². The van der Waals surface area contributed by atoms with Crippen molar-refractivity contribution in [3.05, 3.63) is 59.7 Å². The molecule has 0 spiro atoms. The fourth-order valence-electron chi connectivity index (χ4n) is 4.07. The lowest BCUT2D eigenvalue weighted by molar-refractivity contribution is -0.134. The van der Waals surface area contributed by atoms with Gasteiger partial charge in [-0.15, -0.1) is 0 Å². The second-order valence-corrected chi connectivity index (χ2v) is 8.01. The normalized spacial score (nSPS) is 18.1. The first-order valence-corrected chi connectivity index (χ1v) is 10.8. The number of imidazole rings is 1. The third kappa shape index (κ3) is 4.05. The Morgan fingerprint density at radius 1 is 1.16 bits per heavy atom. The molecule has 7 heteroatoms. The first kappa shape index (κ1) is 21.1. The summed E-state index contributed by atoms with van der Waals surface area (Å²) in [6.07, 6.45) is 0.320. The Bertz CT molecular complexity index is 1120. The van der Waals surface area contributed by atoms with Crippen molar-refractivity contribution in [3.8, 4) is 0 Å². The number of hydrogen-bond donors (Lipinski definition) is 1. The van der Waals surface area contributed by atoms with E-state index in [1.54, 1.807) is 19.1 Å². The molecule has 1 amide bonds. The smallest absolute Gasteiger partial charge is 0.339 e. The number of hydrogen-bond acceptors (Lipinski definition) is 5. The predicted octanol–water partition coefficient (Wildman–Crippen LogP) is 3.49. The van der Waals surface area contributed by atoms with Crippen LogP contribution in [-0.2, 0) is 22.5 Å². The number of anilines is 1. The topological polar surface area (TPSA) is 76.5 Å². The highest BCUT2D eigenvalue weighted by molar-refractivity contribution is 6.02. The van der Waals surface area contributed by atoms with Crippen molar-refractivity contribution in [1.82, 2.24) is 14.5 Å². The summed E-state index contributed by atoms with van der Waals surface area (Å²) in [6, 6.07) is 15.1. The van der Waals surface area contributed by atoms with Crippen molar-refractivity contribution in [1.29, 1.82) is 0 Å². The predicted molar refractivity (Wildman–Crippen MR) is 120 cm³/mol. The number of benzene rings is 2.